The quantitative estimate of drug-likeness (QED) is 0.431. The number of rotatable bonds is 5. The molecule has 0 bridgehead atoms. The van der Waals surface area contributed by atoms with Crippen molar-refractivity contribution in [1.82, 2.24) is 9.97 Å². The molecule has 0 unspecified atom stereocenters. The van der Waals surface area contributed by atoms with E-state index in [9.17, 15) is 0 Å². The number of benzene rings is 2. The molecule has 28 heavy (non-hydrogen) atoms. The van der Waals surface area contributed by atoms with Gasteiger partial charge in [-0.05, 0) is 48.4 Å². The number of nitrogens with zero attached hydrogens (tertiary/aromatic N) is 2. The standard InChI is InChI=1S/C21H18ClN3O2S/c1-12-8-14(22)5-6-16(12)25-20-19-15(10-28-21(19)24-11-23-20)13-4-7-17(26-2)18(9-13)27-3/h4-11H,1-3H3,(H,23,24,25). The minimum Gasteiger partial charge on any atom is -0.493 e. The summed E-state index contributed by atoms with van der Waals surface area (Å²) in [5, 5.41) is 7.19. The van der Waals surface area contributed by atoms with Crippen LogP contribution in [-0.4, -0.2) is 24.2 Å². The van der Waals surface area contributed by atoms with Crippen molar-refractivity contribution in [3.05, 3.63) is 58.7 Å². The number of halogens is 1. The second-order valence-electron chi connectivity index (χ2n) is 6.21. The lowest BCUT2D eigenvalue weighted by molar-refractivity contribution is 0.355. The molecule has 2 aromatic carbocycles. The molecule has 0 spiro atoms. The fourth-order valence-corrected chi connectivity index (χ4v) is 4.22. The first-order valence-electron chi connectivity index (χ1n) is 8.58. The number of ether oxygens (including phenoxy) is 2. The minimum absolute atomic E-state index is 0.680. The highest BCUT2D eigenvalue weighted by Crippen LogP contribution is 2.40. The van der Waals surface area contributed by atoms with Crippen molar-refractivity contribution in [2.45, 2.75) is 6.92 Å². The first-order chi connectivity index (χ1) is 13.6. The Morgan fingerprint density at radius 3 is 2.57 bits per heavy atom. The fourth-order valence-electron chi connectivity index (χ4n) is 3.08. The summed E-state index contributed by atoms with van der Waals surface area (Å²) in [6.45, 7) is 2.01. The Bertz CT molecular complexity index is 1160. The van der Waals surface area contributed by atoms with E-state index in [0.717, 1.165) is 38.4 Å². The van der Waals surface area contributed by atoms with Gasteiger partial charge in [-0.1, -0.05) is 17.7 Å². The Morgan fingerprint density at radius 1 is 1.00 bits per heavy atom. The largest absolute Gasteiger partial charge is 0.493 e. The van der Waals surface area contributed by atoms with E-state index >= 15 is 0 Å². The van der Waals surface area contributed by atoms with Crippen LogP contribution in [0.3, 0.4) is 0 Å². The van der Waals surface area contributed by atoms with Crippen LogP contribution in [0.5, 0.6) is 11.5 Å². The van der Waals surface area contributed by atoms with E-state index < -0.39 is 0 Å². The van der Waals surface area contributed by atoms with Crippen LogP contribution < -0.4 is 14.8 Å². The van der Waals surface area contributed by atoms with Crippen LogP contribution in [0.1, 0.15) is 5.56 Å². The first-order valence-corrected chi connectivity index (χ1v) is 9.84. The third kappa shape index (κ3) is 3.37. The van der Waals surface area contributed by atoms with Gasteiger partial charge in [0.15, 0.2) is 11.5 Å². The van der Waals surface area contributed by atoms with Crippen molar-refractivity contribution in [2.75, 3.05) is 19.5 Å². The predicted molar refractivity (Wildman–Crippen MR) is 115 cm³/mol. The van der Waals surface area contributed by atoms with E-state index in [1.807, 2.05) is 43.3 Å². The van der Waals surface area contributed by atoms with Crippen LogP contribution in [0, 0.1) is 6.92 Å². The highest BCUT2D eigenvalue weighted by atomic mass is 35.5. The number of aryl methyl sites for hydroxylation is 1. The summed E-state index contributed by atoms with van der Waals surface area (Å²) in [5.41, 5.74) is 4.04. The topological polar surface area (TPSA) is 56.3 Å². The number of nitrogens with one attached hydrogen (secondary N) is 1. The monoisotopic (exact) mass is 411 g/mol. The molecule has 0 saturated heterocycles. The van der Waals surface area contributed by atoms with Crippen molar-refractivity contribution in [3.63, 3.8) is 0 Å². The van der Waals surface area contributed by atoms with Gasteiger partial charge in [-0.15, -0.1) is 11.3 Å². The summed E-state index contributed by atoms with van der Waals surface area (Å²) < 4.78 is 10.8. The Morgan fingerprint density at radius 2 is 1.82 bits per heavy atom. The maximum absolute atomic E-state index is 6.08. The van der Waals surface area contributed by atoms with Gasteiger partial charge in [-0.2, -0.15) is 0 Å². The Kier molecular flexibility index (Phi) is 5.07. The molecular weight excluding hydrogens is 394 g/mol. The number of hydrogen-bond acceptors (Lipinski definition) is 6. The van der Waals surface area contributed by atoms with Crippen molar-refractivity contribution in [3.8, 4) is 22.6 Å². The maximum atomic E-state index is 6.08. The summed E-state index contributed by atoms with van der Waals surface area (Å²) in [7, 11) is 3.26. The number of methoxy groups -OCH3 is 2. The molecule has 4 rings (SSSR count). The zero-order chi connectivity index (χ0) is 19.7. The van der Waals surface area contributed by atoms with E-state index in [0.29, 0.717) is 16.5 Å². The summed E-state index contributed by atoms with van der Waals surface area (Å²) in [6.07, 6.45) is 1.57. The highest BCUT2D eigenvalue weighted by molar-refractivity contribution is 7.17. The Labute approximate surface area is 171 Å². The highest BCUT2D eigenvalue weighted by Gasteiger charge is 2.15. The number of thiophene rings is 1. The van der Waals surface area contributed by atoms with Gasteiger partial charge < -0.3 is 14.8 Å². The third-order valence-corrected chi connectivity index (χ3v) is 5.63. The molecule has 0 fully saturated rings. The van der Waals surface area contributed by atoms with E-state index in [1.165, 1.54) is 0 Å². The molecule has 0 aliphatic heterocycles. The molecule has 5 nitrogen and oxygen atoms in total. The Hall–Kier alpha value is -2.83. The van der Waals surface area contributed by atoms with Gasteiger partial charge in [0, 0.05) is 21.7 Å². The summed E-state index contributed by atoms with van der Waals surface area (Å²) in [6, 6.07) is 11.6. The van der Waals surface area contributed by atoms with E-state index in [4.69, 9.17) is 21.1 Å². The van der Waals surface area contributed by atoms with Gasteiger partial charge in [0.05, 0.1) is 19.6 Å². The van der Waals surface area contributed by atoms with Crippen molar-refractivity contribution in [1.29, 1.82) is 0 Å². The lowest BCUT2D eigenvalue weighted by atomic mass is 10.1. The predicted octanol–water partition coefficient (Wildman–Crippen LogP) is 6.08. The molecular formula is C21H18ClN3O2S. The van der Waals surface area contributed by atoms with Crippen LogP contribution in [0.4, 0.5) is 11.5 Å². The van der Waals surface area contributed by atoms with E-state index in [-0.39, 0.29) is 0 Å². The summed E-state index contributed by atoms with van der Waals surface area (Å²) in [4.78, 5) is 9.84. The maximum Gasteiger partial charge on any atom is 0.161 e. The van der Waals surface area contributed by atoms with Crippen LogP contribution in [0.25, 0.3) is 21.3 Å². The van der Waals surface area contributed by atoms with Gasteiger partial charge in [-0.3, -0.25) is 0 Å². The molecule has 7 heteroatoms. The zero-order valence-electron chi connectivity index (χ0n) is 15.6. The average molecular weight is 412 g/mol. The SMILES string of the molecule is COc1ccc(-c2csc3ncnc(Nc4ccc(Cl)cc4C)c23)cc1OC. The smallest absolute Gasteiger partial charge is 0.161 e. The molecule has 0 radical (unpaired) electrons. The molecule has 0 atom stereocenters. The molecule has 142 valence electrons. The number of hydrogen-bond donors (Lipinski definition) is 1. The van der Waals surface area contributed by atoms with Gasteiger partial charge >= 0.3 is 0 Å². The number of anilines is 2. The van der Waals surface area contributed by atoms with Gasteiger partial charge in [0.25, 0.3) is 0 Å². The third-order valence-electron chi connectivity index (χ3n) is 4.51. The molecule has 0 saturated carbocycles. The molecule has 0 aliphatic carbocycles. The van der Waals surface area contributed by atoms with E-state index in [2.05, 4.69) is 20.7 Å². The molecule has 4 aromatic rings. The van der Waals surface area contributed by atoms with Crippen molar-refractivity contribution < 1.29 is 9.47 Å². The molecule has 2 aromatic heterocycles. The normalized spacial score (nSPS) is 10.9. The lowest BCUT2D eigenvalue weighted by Crippen LogP contribution is -1.97. The van der Waals surface area contributed by atoms with Crippen molar-refractivity contribution >= 4 is 44.7 Å². The fraction of sp³-hybridized carbons (Fsp3) is 0.143. The van der Waals surface area contributed by atoms with E-state index in [1.54, 1.807) is 31.9 Å². The molecule has 2 heterocycles. The van der Waals surface area contributed by atoms with Crippen LogP contribution in [0.2, 0.25) is 5.02 Å². The number of fused-ring (bicyclic) bond motifs is 1. The summed E-state index contributed by atoms with van der Waals surface area (Å²) in [5.74, 6) is 2.12. The van der Waals surface area contributed by atoms with Gasteiger partial charge in [-0.25, -0.2) is 9.97 Å². The second-order valence-corrected chi connectivity index (χ2v) is 7.50. The van der Waals surface area contributed by atoms with Crippen LogP contribution in [-0.2, 0) is 0 Å². The minimum atomic E-state index is 0.680. The molecule has 0 amide bonds. The molecule has 1 N–H and O–H groups in total. The lowest BCUT2D eigenvalue weighted by Gasteiger charge is -2.12. The average Bonchev–Trinajstić information content (AvgIpc) is 3.14. The van der Waals surface area contributed by atoms with Gasteiger partial charge in [0.1, 0.15) is 17.0 Å². The number of aromatic nitrogens is 2. The van der Waals surface area contributed by atoms with Crippen molar-refractivity contribution in [2.24, 2.45) is 0 Å². The van der Waals surface area contributed by atoms with Crippen LogP contribution in [0.15, 0.2) is 48.1 Å². The summed E-state index contributed by atoms with van der Waals surface area (Å²) >= 11 is 7.66. The van der Waals surface area contributed by atoms with Crippen LogP contribution >= 0.6 is 22.9 Å². The Balaban J connectivity index is 1.83. The second kappa shape index (κ2) is 7.66. The first kappa shape index (κ1) is 18.5. The zero-order valence-corrected chi connectivity index (χ0v) is 17.2. The van der Waals surface area contributed by atoms with Gasteiger partial charge in [0.2, 0.25) is 0 Å². The molecule has 0 aliphatic rings.